The van der Waals surface area contributed by atoms with Gasteiger partial charge in [-0.1, -0.05) is 46.8 Å². The Kier molecular flexibility index (Phi) is 8.32. The maximum atomic E-state index is 4.26. The molecule has 15 heavy (non-hydrogen) atoms. The molecule has 0 aromatic heterocycles. The summed E-state index contributed by atoms with van der Waals surface area (Å²) in [7, 11) is 0. The van der Waals surface area contributed by atoms with Gasteiger partial charge < -0.3 is 0 Å². The lowest BCUT2D eigenvalue weighted by molar-refractivity contribution is 0.465. The zero-order valence-electron chi connectivity index (χ0n) is 11.2. The first kappa shape index (κ1) is 15.1. The van der Waals surface area contributed by atoms with Crippen molar-refractivity contribution in [2.45, 2.75) is 59.1 Å². The lowest BCUT2D eigenvalue weighted by atomic mass is 9.88. The average molecular weight is 228 g/mol. The number of hydrogen-bond acceptors (Lipinski definition) is 1. The summed E-state index contributed by atoms with van der Waals surface area (Å²) < 4.78 is 0. The van der Waals surface area contributed by atoms with E-state index < -0.39 is 0 Å². The van der Waals surface area contributed by atoms with Gasteiger partial charge in [0.1, 0.15) is 0 Å². The van der Waals surface area contributed by atoms with Gasteiger partial charge in [-0.3, -0.25) is 0 Å². The Morgan fingerprint density at radius 3 is 2.20 bits per heavy atom. The van der Waals surface area contributed by atoms with E-state index in [1.165, 1.54) is 30.6 Å². The van der Waals surface area contributed by atoms with Crippen LogP contribution in [0.25, 0.3) is 0 Å². The Morgan fingerprint density at radius 1 is 1.20 bits per heavy atom. The Balaban J connectivity index is 4.00. The van der Waals surface area contributed by atoms with Crippen LogP contribution in [-0.4, -0.2) is 11.0 Å². The predicted octanol–water partition coefficient (Wildman–Crippen LogP) is 5.15. The van der Waals surface area contributed by atoms with Gasteiger partial charge in [-0.2, -0.15) is 11.8 Å². The zero-order chi connectivity index (χ0) is 11.8. The van der Waals surface area contributed by atoms with Gasteiger partial charge in [0.25, 0.3) is 0 Å². The molecule has 0 rings (SSSR count). The molecule has 0 spiro atoms. The second-order valence-corrected chi connectivity index (χ2v) is 6.20. The molecule has 0 saturated carbocycles. The molecule has 90 valence electrons. The molecule has 0 aromatic rings. The molecular weight excluding hydrogens is 200 g/mol. The largest absolute Gasteiger partial charge is 0.158 e. The molecule has 0 fully saturated rings. The van der Waals surface area contributed by atoms with Crippen LogP contribution >= 0.6 is 11.8 Å². The fourth-order valence-electron chi connectivity index (χ4n) is 1.56. The van der Waals surface area contributed by atoms with E-state index in [0.717, 1.165) is 11.2 Å². The van der Waals surface area contributed by atoms with Crippen LogP contribution in [0.3, 0.4) is 0 Å². The van der Waals surface area contributed by atoms with Crippen molar-refractivity contribution in [3.05, 3.63) is 12.2 Å². The predicted molar refractivity (Wildman–Crippen MR) is 74.6 cm³/mol. The highest BCUT2D eigenvalue weighted by atomic mass is 32.2. The van der Waals surface area contributed by atoms with E-state index in [1.807, 2.05) is 0 Å². The molecule has 2 atom stereocenters. The van der Waals surface area contributed by atoms with Crippen molar-refractivity contribution in [1.29, 1.82) is 0 Å². The molecule has 1 heteroatoms. The molecule has 0 bridgehead atoms. The Hall–Kier alpha value is 0.0900. The van der Waals surface area contributed by atoms with Crippen LogP contribution in [-0.2, 0) is 0 Å². The standard InChI is InChI=1S/C14H28S/c1-7-9-15-14(8-2)10-12(5)13(6)11(3)4/h11,13-14H,5,7-10H2,1-4,6H3. The Morgan fingerprint density at radius 2 is 1.80 bits per heavy atom. The molecule has 0 aliphatic rings. The summed E-state index contributed by atoms with van der Waals surface area (Å²) in [6.07, 6.45) is 3.77. The zero-order valence-corrected chi connectivity index (χ0v) is 12.0. The third kappa shape index (κ3) is 6.29. The normalized spacial score (nSPS) is 15.3. The number of thioether (sulfide) groups is 1. The average Bonchev–Trinajstić information content (AvgIpc) is 2.22. The highest BCUT2D eigenvalue weighted by molar-refractivity contribution is 7.99. The molecule has 0 aliphatic heterocycles. The molecule has 0 amide bonds. The van der Waals surface area contributed by atoms with E-state index in [1.54, 1.807) is 0 Å². The van der Waals surface area contributed by atoms with Crippen LogP contribution in [0, 0.1) is 11.8 Å². The lowest BCUT2D eigenvalue weighted by Gasteiger charge is -2.22. The summed E-state index contributed by atoms with van der Waals surface area (Å²) in [5.41, 5.74) is 1.44. The van der Waals surface area contributed by atoms with Crippen LogP contribution in [0.2, 0.25) is 0 Å². The molecule has 0 nitrogen and oxygen atoms in total. The lowest BCUT2D eigenvalue weighted by Crippen LogP contribution is -2.12. The molecule has 0 heterocycles. The van der Waals surface area contributed by atoms with Crippen LogP contribution < -0.4 is 0 Å². The SMILES string of the molecule is C=C(CC(CC)SCCC)C(C)C(C)C. The van der Waals surface area contributed by atoms with E-state index in [9.17, 15) is 0 Å². The van der Waals surface area contributed by atoms with Gasteiger partial charge in [0.2, 0.25) is 0 Å². The summed E-state index contributed by atoms with van der Waals surface area (Å²) in [5, 5.41) is 0.790. The molecule has 0 aliphatic carbocycles. The van der Waals surface area contributed by atoms with Gasteiger partial charge in [0, 0.05) is 5.25 Å². The topological polar surface area (TPSA) is 0 Å². The van der Waals surface area contributed by atoms with Gasteiger partial charge in [-0.15, -0.1) is 0 Å². The number of rotatable bonds is 8. The van der Waals surface area contributed by atoms with E-state index in [0.29, 0.717) is 5.92 Å². The minimum absolute atomic E-state index is 0.668. The van der Waals surface area contributed by atoms with Crippen LogP contribution in [0.4, 0.5) is 0 Å². The molecule has 0 N–H and O–H groups in total. The summed E-state index contributed by atoms with van der Waals surface area (Å²) in [6, 6.07) is 0. The second-order valence-electron chi connectivity index (χ2n) is 4.80. The quantitative estimate of drug-likeness (QED) is 0.518. The van der Waals surface area contributed by atoms with Crippen molar-refractivity contribution in [2.75, 3.05) is 5.75 Å². The van der Waals surface area contributed by atoms with Crippen molar-refractivity contribution < 1.29 is 0 Å². The van der Waals surface area contributed by atoms with E-state index in [2.05, 4.69) is 53.0 Å². The highest BCUT2D eigenvalue weighted by Crippen LogP contribution is 2.28. The third-order valence-corrected chi connectivity index (χ3v) is 4.76. The van der Waals surface area contributed by atoms with Crippen LogP contribution in [0.5, 0.6) is 0 Å². The van der Waals surface area contributed by atoms with E-state index >= 15 is 0 Å². The maximum Gasteiger partial charge on any atom is 0.00815 e. The molecule has 0 saturated heterocycles. The van der Waals surface area contributed by atoms with Gasteiger partial charge in [-0.25, -0.2) is 0 Å². The molecule has 0 aromatic carbocycles. The first-order chi connectivity index (χ1) is 7.02. The van der Waals surface area contributed by atoms with Crippen molar-refractivity contribution >= 4 is 11.8 Å². The van der Waals surface area contributed by atoms with Crippen molar-refractivity contribution in [1.82, 2.24) is 0 Å². The summed E-state index contributed by atoms with van der Waals surface area (Å²) in [6.45, 7) is 15.7. The summed E-state index contributed by atoms with van der Waals surface area (Å²) in [4.78, 5) is 0. The van der Waals surface area contributed by atoms with Gasteiger partial charge in [0.05, 0.1) is 0 Å². The van der Waals surface area contributed by atoms with Crippen molar-refractivity contribution in [2.24, 2.45) is 11.8 Å². The van der Waals surface area contributed by atoms with E-state index in [-0.39, 0.29) is 0 Å². The van der Waals surface area contributed by atoms with Crippen molar-refractivity contribution in [3.8, 4) is 0 Å². The van der Waals surface area contributed by atoms with Crippen molar-refractivity contribution in [3.63, 3.8) is 0 Å². The van der Waals surface area contributed by atoms with Gasteiger partial charge in [0.15, 0.2) is 0 Å². The first-order valence-corrected chi connectivity index (χ1v) is 7.37. The fraction of sp³-hybridized carbons (Fsp3) is 0.857. The highest BCUT2D eigenvalue weighted by Gasteiger charge is 2.15. The Labute approximate surface area is 101 Å². The fourth-order valence-corrected chi connectivity index (χ4v) is 2.69. The molecular formula is C14H28S. The number of hydrogen-bond donors (Lipinski definition) is 0. The van der Waals surface area contributed by atoms with Crippen LogP contribution in [0.15, 0.2) is 12.2 Å². The minimum atomic E-state index is 0.668. The van der Waals surface area contributed by atoms with Gasteiger partial charge in [-0.05, 0) is 36.9 Å². The second kappa shape index (κ2) is 8.27. The number of allylic oxidation sites excluding steroid dienone is 1. The summed E-state index contributed by atoms with van der Waals surface area (Å²) >= 11 is 2.12. The third-order valence-electron chi connectivity index (χ3n) is 3.15. The monoisotopic (exact) mass is 228 g/mol. The van der Waals surface area contributed by atoms with Crippen LogP contribution in [0.1, 0.15) is 53.9 Å². The van der Waals surface area contributed by atoms with E-state index in [4.69, 9.17) is 0 Å². The maximum absolute atomic E-state index is 4.26. The minimum Gasteiger partial charge on any atom is -0.158 e. The Bertz CT molecular complexity index is 172. The molecule has 0 radical (unpaired) electrons. The smallest absolute Gasteiger partial charge is 0.00815 e. The van der Waals surface area contributed by atoms with Gasteiger partial charge >= 0.3 is 0 Å². The first-order valence-electron chi connectivity index (χ1n) is 6.32. The summed E-state index contributed by atoms with van der Waals surface area (Å²) in [5.74, 6) is 2.69. The molecule has 2 unspecified atom stereocenters.